The Hall–Kier alpha value is -1.89. The Morgan fingerprint density at radius 1 is 1.35 bits per heavy atom. The van der Waals surface area contributed by atoms with E-state index in [4.69, 9.17) is 0 Å². The number of benzene rings is 1. The van der Waals surface area contributed by atoms with Gasteiger partial charge in [-0.2, -0.15) is 0 Å². The molecule has 1 saturated heterocycles. The summed E-state index contributed by atoms with van der Waals surface area (Å²) in [6.07, 6.45) is 3.73. The van der Waals surface area contributed by atoms with Gasteiger partial charge >= 0.3 is 0 Å². The van der Waals surface area contributed by atoms with Gasteiger partial charge in [0.1, 0.15) is 10.8 Å². The van der Waals surface area contributed by atoms with Gasteiger partial charge in [0.2, 0.25) is 0 Å². The maximum absolute atomic E-state index is 13.3. The fourth-order valence-electron chi connectivity index (χ4n) is 3.02. The molecule has 3 aromatic rings. The van der Waals surface area contributed by atoms with Crippen molar-refractivity contribution in [3.8, 4) is 0 Å². The summed E-state index contributed by atoms with van der Waals surface area (Å²) in [5, 5.41) is 4.48. The molecule has 1 aromatic carbocycles. The molecule has 1 aliphatic heterocycles. The zero-order chi connectivity index (χ0) is 15.6. The number of aromatic nitrogens is 2. The average Bonchev–Trinajstić information content (AvgIpc) is 2.97. The fourth-order valence-corrected chi connectivity index (χ4v) is 4.04. The molecule has 1 fully saturated rings. The van der Waals surface area contributed by atoms with Gasteiger partial charge in [-0.25, -0.2) is 9.37 Å². The second-order valence-corrected chi connectivity index (χ2v) is 6.81. The first-order valence-corrected chi connectivity index (χ1v) is 8.51. The maximum Gasteiger partial charge on any atom is 0.124 e. The van der Waals surface area contributed by atoms with Crippen LogP contribution in [0.2, 0.25) is 0 Å². The van der Waals surface area contributed by atoms with Crippen molar-refractivity contribution in [3.63, 3.8) is 0 Å². The molecule has 6 heteroatoms. The average molecular weight is 328 g/mol. The summed E-state index contributed by atoms with van der Waals surface area (Å²) < 4.78 is 14.3. The summed E-state index contributed by atoms with van der Waals surface area (Å²) in [5.74, 6) is -0.205. The zero-order valence-corrected chi connectivity index (χ0v) is 13.4. The maximum atomic E-state index is 13.3. The number of piperazine rings is 1. The first-order valence-electron chi connectivity index (χ1n) is 7.69. The van der Waals surface area contributed by atoms with Crippen LogP contribution in [0.1, 0.15) is 16.6 Å². The topological polar surface area (TPSA) is 41.1 Å². The van der Waals surface area contributed by atoms with E-state index in [0.717, 1.165) is 41.4 Å². The lowest BCUT2D eigenvalue weighted by Crippen LogP contribution is -2.45. The van der Waals surface area contributed by atoms with Crippen LogP contribution in [0, 0.1) is 5.82 Å². The number of nitrogens with zero attached hydrogens (tertiary/aromatic N) is 3. The molecule has 0 spiro atoms. The predicted octanol–water partition coefficient (Wildman–Crippen LogP) is 2.98. The van der Waals surface area contributed by atoms with E-state index in [0.29, 0.717) is 6.04 Å². The minimum absolute atomic E-state index is 0.205. The fraction of sp³-hybridized carbons (Fsp3) is 0.294. The number of fused-ring (bicyclic) bond motifs is 1. The Morgan fingerprint density at radius 3 is 3.17 bits per heavy atom. The van der Waals surface area contributed by atoms with Crippen LogP contribution in [0.15, 0.2) is 42.7 Å². The van der Waals surface area contributed by atoms with Crippen molar-refractivity contribution in [2.45, 2.75) is 12.6 Å². The van der Waals surface area contributed by atoms with Crippen molar-refractivity contribution in [1.82, 2.24) is 20.2 Å². The highest BCUT2D eigenvalue weighted by molar-refractivity contribution is 7.18. The molecule has 1 atom stereocenters. The van der Waals surface area contributed by atoms with Gasteiger partial charge in [0.05, 0.1) is 16.8 Å². The van der Waals surface area contributed by atoms with E-state index >= 15 is 0 Å². The quantitative estimate of drug-likeness (QED) is 0.802. The minimum Gasteiger partial charge on any atom is -0.314 e. The van der Waals surface area contributed by atoms with E-state index in [9.17, 15) is 4.39 Å². The lowest BCUT2D eigenvalue weighted by molar-refractivity contribution is 0.153. The molecule has 4 rings (SSSR count). The molecular weight excluding hydrogens is 311 g/mol. The highest BCUT2D eigenvalue weighted by Crippen LogP contribution is 2.28. The number of hydrogen-bond donors (Lipinski definition) is 1. The largest absolute Gasteiger partial charge is 0.314 e. The molecule has 0 bridgehead atoms. The molecule has 23 heavy (non-hydrogen) atoms. The number of rotatable bonds is 3. The number of thiazole rings is 1. The van der Waals surface area contributed by atoms with Crippen LogP contribution in [0.5, 0.6) is 0 Å². The molecule has 1 unspecified atom stereocenters. The molecule has 2 aromatic heterocycles. The van der Waals surface area contributed by atoms with Gasteiger partial charge in [-0.3, -0.25) is 9.88 Å². The molecule has 0 radical (unpaired) electrons. The Kier molecular flexibility index (Phi) is 4.03. The van der Waals surface area contributed by atoms with Crippen molar-refractivity contribution >= 4 is 21.6 Å². The second kappa shape index (κ2) is 6.31. The third-order valence-corrected chi connectivity index (χ3v) is 5.16. The SMILES string of the molecule is Fc1ccc2nc(CN3CCNCC3c3cccnc3)sc2c1. The van der Waals surface area contributed by atoms with Gasteiger partial charge < -0.3 is 5.32 Å². The molecule has 3 heterocycles. The van der Waals surface area contributed by atoms with Crippen LogP contribution in [0.25, 0.3) is 10.2 Å². The van der Waals surface area contributed by atoms with Gasteiger partial charge in [0.25, 0.3) is 0 Å². The van der Waals surface area contributed by atoms with Crippen LogP contribution >= 0.6 is 11.3 Å². The van der Waals surface area contributed by atoms with E-state index in [1.165, 1.54) is 11.6 Å². The van der Waals surface area contributed by atoms with Gasteiger partial charge in [0.15, 0.2) is 0 Å². The van der Waals surface area contributed by atoms with Gasteiger partial charge in [0, 0.05) is 38.1 Å². The van der Waals surface area contributed by atoms with Crippen LogP contribution in [0.4, 0.5) is 4.39 Å². The molecule has 0 saturated carbocycles. The number of hydrogen-bond acceptors (Lipinski definition) is 5. The zero-order valence-electron chi connectivity index (χ0n) is 12.6. The molecule has 1 aliphatic rings. The summed E-state index contributed by atoms with van der Waals surface area (Å²) in [5.41, 5.74) is 2.09. The third kappa shape index (κ3) is 3.10. The van der Waals surface area contributed by atoms with E-state index in [1.807, 2.05) is 12.3 Å². The summed E-state index contributed by atoms with van der Waals surface area (Å²) >= 11 is 1.57. The van der Waals surface area contributed by atoms with Crippen LogP contribution in [0.3, 0.4) is 0 Å². The number of pyridine rings is 1. The Morgan fingerprint density at radius 2 is 2.30 bits per heavy atom. The van der Waals surface area contributed by atoms with Crippen molar-refractivity contribution in [1.29, 1.82) is 0 Å². The second-order valence-electron chi connectivity index (χ2n) is 5.70. The van der Waals surface area contributed by atoms with Crippen LogP contribution in [-0.2, 0) is 6.54 Å². The Labute approximate surface area is 138 Å². The lowest BCUT2D eigenvalue weighted by Gasteiger charge is -2.35. The molecular formula is C17H17FN4S. The van der Waals surface area contributed by atoms with Gasteiger partial charge in [-0.1, -0.05) is 6.07 Å². The highest BCUT2D eigenvalue weighted by atomic mass is 32.1. The van der Waals surface area contributed by atoms with E-state index < -0.39 is 0 Å². The van der Waals surface area contributed by atoms with Gasteiger partial charge in [-0.05, 0) is 29.8 Å². The number of halogens is 1. The Balaban J connectivity index is 1.59. The first-order chi connectivity index (χ1) is 11.3. The molecule has 118 valence electrons. The van der Waals surface area contributed by atoms with Crippen molar-refractivity contribution in [2.75, 3.05) is 19.6 Å². The molecule has 0 amide bonds. The highest BCUT2D eigenvalue weighted by Gasteiger charge is 2.24. The first kappa shape index (κ1) is 14.7. The predicted molar refractivity (Wildman–Crippen MR) is 89.8 cm³/mol. The monoisotopic (exact) mass is 328 g/mol. The van der Waals surface area contributed by atoms with E-state index in [2.05, 4.69) is 26.3 Å². The molecule has 4 nitrogen and oxygen atoms in total. The van der Waals surface area contributed by atoms with Crippen molar-refractivity contribution < 1.29 is 4.39 Å². The van der Waals surface area contributed by atoms with Gasteiger partial charge in [-0.15, -0.1) is 11.3 Å². The van der Waals surface area contributed by atoms with Crippen molar-refractivity contribution in [3.05, 3.63) is 59.1 Å². The normalized spacial score (nSPS) is 19.3. The Bertz CT molecular complexity index is 805. The lowest BCUT2D eigenvalue weighted by atomic mass is 10.1. The summed E-state index contributed by atoms with van der Waals surface area (Å²) in [4.78, 5) is 11.3. The van der Waals surface area contributed by atoms with Crippen molar-refractivity contribution in [2.24, 2.45) is 0 Å². The third-order valence-electron chi connectivity index (χ3n) is 4.16. The number of nitrogens with one attached hydrogen (secondary N) is 1. The van der Waals surface area contributed by atoms with Crippen LogP contribution < -0.4 is 5.32 Å². The minimum atomic E-state index is -0.205. The van der Waals surface area contributed by atoms with E-state index in [-0.39, 0.29) is 5.82 Å². The molecule has 1 N–H and O–H groups in total. The van der Waals surface area contributed by atoms with Crippen LogP contribution in [-0.4, -0.2) is 34.5 Å². The summed E-state index contributed by atoms with van der Waals surface area (Å²) in [7, 11) is 0. The standard InChI is InChI=1S/C17H17FN4S/c18-13-3-4-14-16(8-13)23-17(21-14)11-22-7-6-20-10-15(22)12-2-1-5-19-9-12/h1-5,8-9,15,20H,6-7,10-11H2. The smallest absolute Gasteiger partial charge is 0.124 e. The molecule has 0 aliphatic carbocycles. The summed E-state index contributed by atoms with van der Waals surface area (Å²) in [6, 6.07) is 9.16. The summed E-state index contributed by atoms with van der Waals surface area (Å²) in [6.45, 7) is 3.62. The van der Waals surface area contributed by atoms with E-state index in [1.54, 1.807) is 29.7 Å².